The van der Waals surface area contributed by atoms with Crippen molar-refractivity contribution in [2.75, 3.05) is 72.0 Å². The minimum absolute atomic E-state index is 0.0103. The monoisotopic (exact) mass is 664 g/mol. The summed E-state index contributed by atoms with van der Waals surface area (Å²) in [6.07, 6.45) is 1.43. The van der Waals surface area contributed by atoms with E-state index in [1.54, 1.807) is 47.4 Å². The number of hydrogen-bond donors (Lipinski definition) is 0. The van der Waals surface area contributed by atoms with E-state index in [-0.39, 0.29) is 33.2 Å². The van der Waals surface area contributed by atoms with Crippen molar-refractivity contribution in [3.05, 3.63) is 77.9 Å². The van der Waals surface area contributed by atoms with Gasteiger partial charge in [-0.1, -0.05) is 36.4 Å². The number of nitrogens with zero attached hydrogens (tertiary/aromatic N) is 4. The fourth-order valence-corrected chi connectivity index (χ4v) is 8.41. The molecule has 0 aliphatic carbocycles. The van der Waals surface area contributed by atoms with Crippen molar-refractivity contribution in [2.45, 2.75) is 29.4 Å². The van der Waals surface area contributed by atoms with Gasteiger partial charge < -0.3 is 28.7 Å². The van der Waals surface area contributed by atoms with Gasteiger partial charge in [0.2, 0.25) is 5.60 Å². The molecule has 250 valence electrons. The van der Waals surface area contributed by atoms with Crippen molar-refractivity contribution in [3.8, 4) is 17.2 Å². The first kappa shape index (κ1) is 32.6. The number of methoxy groups -OCH3 is 3. The van der Waals surface area contributed by atoms with Gasteiger partial charge in [-0.25, -0.2) is 13.2 Å². The van der Waals surface area contributed by atoms with Crippen LogP contribution in [-0.4, -0.2) is 109 Å². The number of benzene rings is 3. The highest BCUT2D eigenvalue weighted by Gasteiger charge is 2.61. The second kappa shape index (κ2) is 13.1. The molecule has 3 aromatic rings. The van der Waals surface area contributed by atoms with E-state index in [1.165, 1.54) is 45.6 Å². The maximum absolute atomic E-state index is 14.9. The van der Waals surface area contributed by atoms with Gasteiger partial charge in [0, 0.05) is 43.9 Å². The van der Waals surface area contributed by atoms with Gasteiger partial charge in [0.25, 0.3) is 15.9 Å². The number of carbonyl (C=O) groups is 2. The molecule has 6 rings (SSSR count). The predicted octanol–water partition coefficient (Wildman–Crippen LogP) is 3.54. The highest BCUT2D eigenvalue weighted by atomic mass is 32.2. The third-order valence-corrected chi connectivity index (χ3v) is 11.1. The van der Waals surface area contributed by atoms with E-state index in [4.69, 9.17) is 18.9 Å². The van der Waals surface area contributed by atoms with Gasteiger partial charge >= 0.3 is 6.09 Å². The Morgan fingerprint density at radius 2 is 1.43 bits per heavy atom. The quantitative estimate of drug-likeness (QED) is 0.354. The molecule has 1 atom stereocenters. The molecule has 2 amide bonds. The topological polar surface area (TPSA) is 118 Å². The second-order valence-electron chi connectivity index (χ2n) is 11.9. The molecule has 2 fully saturated rings. The number of carbonyl (C=O) groups excluding carboxylic acids is 2. The average molecular weight is 665 g/mol. The molecule has 0 saturated carbocycles. The molecule has 3 heterocycles. The van der Waals surface area contributed by atoms with Crippen LogP contribution in [-0.2, 0) is 25.2 Å². The molecule has 1 unspecified atom stereocenters. The summed E-state index contributed by atoms with van der Waals surface area (Å²) in [5.74, 6) is -0.345. The molecular formula is C34H40N4O8S. The van der Waals surface area contributed by atoms with Gasteiger partial charge in [-0.2, -0.15) is 4.31 Å². The number of ether oxygens (including phenoxy) is 4. The number of sulfonamides is 1. The Morgan fingerprint density at radius 3 is 2.09 bits per heavy atom. The van der Waals surface area contributed by atoms with E-state index in [0.29, 0.717) is 42.3 Å². The van der Waals surface area contributed by atoms with Gasteiger partial charge in [0.15, 0.2) is 0 Å². The van der Waals surface area contributed by atoms with Crippen molar-refractivity contribution in [1.29, 1.82) is 0 Å². The van der Waals surface area contributed by atoms with Crippen LogP contribution in [0.25, 0.3) is 0 Å². The zero-order valence-electron chi connectivity index (χ0n) is 27.0. The minimum Gasteiger partial charge on any atom is -0.497 e. The Bertz CT molecular complexity index is 1750. The van der Waals surface area contributed by atoms with Crippen molar-refractivity contribution >= 4 is 27.7 Å². The maximum Gasteiger partial charge on any atom is 0.411 e. The first-order valence-electron chi connectivity index (χ1n) is 15.6. The first-order valence-corrected chi connectivity index (χ1v) is 17.0. The van der Waals surface area contributed by atoms with E-state index in [1.807, 2.05) is 0 Å². The Balaban J connectivity index is 1.40. The number of likely N-dealkylation sites (tertiary alicyclic amines) is 1. The number of anilines is 1. The number of piperazine rings is 1. The third-order valence-electron chi connectivity index (χ3n) is 9.38. The maximum atomic E-state index is 14.9. The predicted molar refractivity (Wildman–Crippen MR) is 175 cm³/mol. The molecule has 47 heavy (non-hydrogen) atoms. The van der Waals surface area contributed by atoms with Crippen LogP contribution in [0, 0.1) is 0 Å². The van der Waals surface area contributed by atoms with Crippen LogP contribution in [0.2, 0.25) is 0 Å². The normalized spacial score (nSPS) is 21.0. The molecule has 0 spiro atoms. The molecule has 3 aromatic carbocycles. The zero-order chi connectivity index (χ0) is 33.3. The number of amides is 2. The molecule has 0 radical (unpaired) electrons. The molecular weight excluding hydrogens is 624 g/mol. The Hall–Kier alpha value is -4.33. The van der Waals surface area contributed by atoms with Crippen molar-refractivity contribution in [2.24, 2.45) is 0 Å². The lowest BCUT2D eigenvalue weighted by Gasteiger charge is -2.42. The lowest BCUT2D eigenvalue weighted by molar-refractivity contribution is -0.132. The SMILES string of the molecule is COc1ccc(S(=O)(=O)N2C(=O)C(OC(=O)N3CCN(C4CCN(C)CC4)CC3)(c3ccccc3OC)c3ccccc32)c(OC)c1. The average Bonchev–Trinajstić information content (AvgIpc) is 3.36. The van der Waals surface area contributed by atoms with Crippen LogP contribution in [0.5, 0.6) is 17.2 Å². The van der Waals surface area contributed by atoms with Crippen molar-refractivity contribution in [3.63, 3.8) is 0 Å². The summed E-state index contributed by atoms with van der Waals surface area (Å²) in [6, 6.07) is 17.8. The summed E-state index contributed by atoms with van der Waals surface area (Å²) in [5, 5.41) is 0. The van der Waals surface area contributed by atoms with E-state index >= 15 is 0 Å². The van der Waals surface area contributed by atoms with Crippen LogP contribution in [0.1, 0.15) is 24.0 Å². The third kappa shape index (κ3) is 5.66. The standard InChI is InChI=1S/C34H40N4O8S/c1-35-17-15-24(16-18-35)36-19-21-37(22-20-36)33(40)46-34(27-10-6-8-12-29(27)44-3)26-9-5-7-11-28(26)38(32(34)39)47(41,42)31-14-13-25(43-2)23-30(31)45-4/h5-14,23-24H,15-22H2,1-4H3. The van der Waals surface area contributed by atoms with Gasteiger partial charge in [-0.3, -0.25) is 9.69 Å². The number of fused-ring (bicyclic) bond motifs is 1. The van der Waals surface area contributed by atoms with E-state index in [2.05, 4.69) is 16.8 Å². The van der Waals surface area contributed by atoms with Gasteiger partial charge in [0.1, 0.15) is 22.1 Å². The molecule has 0 N–H and O–H groups in total. The summed E-state index contributed by atoms with van der Waals surface area (Å²) in [5.41, 5.74) is -1.71. The lowest BCUT2D eigenvalue weighted by atomic mass is 9.86. The summed E-state index contributed by atoms with van der Waals surface area (Å²) in [7, 11) is 1.75. The van der Waals surface area contributed by atoms with Crippen LogP contribution < -0.4 is 18.5 Å². The number of hydrogen-bond acceptors (Lipinski definition) is 10. The van der Waals surface area contributed by atoms with Crippen LogP contribution in [0.15, 0.2) is 71.6 Å². The van der Waals surface area contributed by atoms with Crippen LogP contribution in [0.4, 0.5) is 10.5 Å². The number of piperidine rings is 1. The summed E-state index contributed by atoms with van der Waals surface area (Å²) in [4.78, 5) is 35.1. The highest BCUT2D eigenvalue weighted by Crippen LogP contribution is 2.52. The van der Waals surface area contributed by atoms with Gasteiger partial charge in [-0.15, -0.1) is 0 Å². The second-order valence-corrected chi connectivity index (χ2v) is 13.7. The molecule has 2 saturated heterocycles. The fraction of sp³-hybridized carbons (Fsp3) is 0.412. The molecule has 3 aliphatic heterocycles. The van der Waals surface area contributed by atoms with Gasteiger partial charge in [-0.05, 0) is 57.2 Å². The van der Waals surface area contributed by atoms with Crippen LogP contribution in [0.3, 0.4) is 0 Å². The Kier molecular flexibility index (Phi) is 9.05. The zero-order valence-corrected chi connectivity index (χ0v) is 27.9. The summed E-state index contributed by atoms with van der Waals surface area (Å²) < 4.78 is 52.3. The molecule has 3 aliphatic rings. The lowest BCUT2D eigenvalue weighted by Crippen LogP contribution is -2.55. The molecule has 12 nitrogen and oxygen atoms in total. The number of rotatable bonds is 8. The highest BCUT2D eigenvalue weighted by molar-refractivity contribution is 7.93. The molecule has 0 bridgehead atoms. The smallest absolute Gasteiger partial charge is 0.411 e. The van der Waals surface area contributed by atoms with Crippen molar-refractivity contribution in [1.82, 2.24) is 14.7 Å². The largest absolute Gasteiger partial charge is 0.497 e. The van der Waals surface area contributed by atoms with Crippen LogP contribution >= 0.6 is 0 Å². The van der Waals surface area contributed by atoms with E-state index in [9.17, 15) is 18.0 Å². The number of para-hydroxylation sites is 2. The molecule has 13 heteroatoms. The molecule has 0 aromatic heterocycles. The van der Waals surface area contributed by atoms with E-state index in [0.717, 1.165) is 25.9 Å². The van der Waals surface area contributed by atoms with E-state index < -0.39 is 27.6 Å². The minimum atomic E-state index is -4.60. The fourth-order valence-electron chi connectivity index (χ4n) is 6.82. The Labute approximate surface area is 275 Å². The summed E-state index contributed by atoms with van der Waals surface area (Å²) >= 11 is 0. The first-order chi connectivity index (χ1) is 22.6. The summed E-state index contributed by atoms with van der Waals surface area (Å²) in [6.45, 7) is 4.25. The Morgan fingerprint density at radius 1 is 0.787 bits per heavy atom. The van der Waals surface area contributed by atoms with Crippen molar-refractivity contribution < 1.29 is 37.0 Å². The van der Waals surface area contributed by atoms with Gasteiger partial charge in [0.05, 0.1) is 32.6 Å².